The highest BCUT2D eigenvalue weighted by molar-refractivity contribution is 5.92. The number of aromatic nitrogens is 3. The summed E-state index contributed by atoms with van der Waals surface area (Å²) >= 11 is 0. The van der Waals surface area contributed by atoms with Crippen molar-refractivity contribution in [3.8, 4) is 6.07 Å². The van der Waals surface area contributed by atoms with Crippen LogP contribution >= 0.6 is 0 Å². The molecule has 6 heteroatoms. The fourth-order valence-electron chi connectivity index (χ4n) is 2.07. The fourth-order valence-corrected chi connectivity index (χ4v) is 2.07. The van der Waals surface area contributed by atoms with Gasteiger partial charge in [0.25, 0.3) is 0 Å². The minimum Gasteiger partial charge on any atom is -0.478 e. The Morgan fingerprint density at radius 3 is 2.67 bits per heavy atom. The number of benzene rings is 2. The highest BCUT2D eigenvalue weighted by Crippen LogP contribution is 2.15. The Kier molecular flexibility index (Phi) is 3.09. The minimum atomic E-state index is -0.983. The molecule has 102 valence electrons. The van der Waals surface area contributed by atoms with Gasteiger partial charge in [0.2, 0.25) is 0 Å². The Hall–Kier alpha value is -3.20. The van der Waals surface area contributed by atoms with Gasteiger partial charge < -0.3 is 5.11 Å². The van der Waals surface area contributed by atoms with Gasteiger partial charge >= 0.3 is 5.97 Å². The van der Waals surface area contributed by atoms with E-state index in [-0.39, 0.29) is 5.56 Å². The quantitative estimate of drug-likeness (QED) is 0.791. The van der Waals surface area contributed by atoms with Gasteiger partial charge in [-0.2, -0.15) is 5.26 Å². The predicted molar refractivity (Wildman–Crippen MR) is 74.7 cm³/mol. The van der Waals surface area contributed by atoms with E-state index in [1.54, 1.807) is 28.9 Å². The second-order valence-corrected chi connectivity index (χ2v) is 4.56. The summed E-state index contributed by atoms with van der Waals surface area (Å²) in [6, 6.07) is 13.9. The highest BCUT2D eigenvalue weighted by atomic mass is 16.4. The molecule has 0 fully saturated rings. The molecule has 0 aliphatic heterocycles. The van der Waals surface area contributed by atoms with Crippen molar-refractivity contribution < 1.29 is 9.90 Å². The van der Waals surface area contributed by atoms with Crippen molar-refractivity contribution in [1.29, 1.82) is 5.26 Å². The second-order valence-electron chi connectivity index (χ2n) is 4.56. The Balaban J connectivity index is 1.98. The number of hydrogen-bond acceptors (Lipinski definition) is 4. The molecule has 0 radical (unpaired) electrons. The summed E-state index contributed by atoms with van der Waals surface area (Å²) in [5.41, 5.74) is 3.07. The number of carbonyl (C=O) groups is 1. The first-order valence-corrected chi connectivity index (χ1v) is 6.23. The van der Waals surface area contributed by atoms with Gasteiger partial charge in [0.1, 0.15) is 5.52 Å². The lowest BCUT2D eigenvalue weighted by molar-refractivity contribution is 0.0697. The van der Waals surface area contributed by atoms with Crippen molar-refractivity contribution in [2.45, 2.75) is 6.54 Å². The first-order chi connectivity index (χ1) is 10.2. The van der Waals surface area contributed by atoms with E-state index >= 15 is 0 Å². The third-order valence-corrected chi connectivity index (χ3v) is 3.18. The average molecular weight is 278 g/mol. The van der Waals surface area contributed by atoms with Crippen molar-refractivity contribution in [2.75, 3.05) is 0 Å². The van der Waals surface area contributed by atoms with Crippen molar-refractivity contribution in [3.05, 3.63) is 59.2 Å². The highest BCUT2D eigenvalue weighted by Gasteiger charge is 2.09. The number of hydrogen-bond donors (Lipinski definition) is 1. The van der Waals surface area contributed by atoms with E-state index in [4.69, 9.17) is 10.4 Å². The van der Waals surface area contributed by atoms with Crippen molar-refractivity contribution >= 4 is 17.0 Å². The van der Waals surface area contributed by atoms with E-state index < -0.39 is 5.97 Å². The molecular weight excluding hydrogens is 268 g/mol. The van der Waals surface area contributed by atoms with Crippen LogP contribution in [-0.2, 0) is 6.54 Å². The smallest absolute Gasteiger partial charge is 0.335 e. The monoisotopic (exact) mass is 278 g/mol. The van der Waals surface area contributed by atoms with Crippen LogP contribution in [0.2, 0.25) is 0 Å². The number of carboxylic acid groups (broad SMARTS) is 1. The van der Waals surface area contributed by atoms with Gasteiger partial charge in [-0.3, -0.25) is 0 Å². The molecule has 0 spiro atoms. The largest absolute Gasteiger partial charge is 0.478 e. The van der Waals surface area contributed by atoms with Crippen LogP contribution in [0.25, 0.3) is 11.0 Å². The zero-order valence-electron chi connectivity index (χ0n) is 10.9. The molecule has 1 N–H and O–H groups in total. The zero-order chi connectivity index (χ0) is 14.8. The molecule has 2 aromatic carbocycles. The Morgan fingerprint density at radius 1 is 1.24 bits per heavy atom. The Morgan fingerprint density at radius 2 is 2.00 bits per heavy atom. The lowest BCUT2D eigenvalue weighted by Crippen LogP contribution is -2.03. The first kappa shape index (κ1) is 12.8. The van der Waals surface area contributed by atoms with Crippen molar-refractivity contribution in [3.63, 3.8) is 0 Å². The minimum absolute atomic E-state index is 0.200. The third-order valence-electron chi connectivity index (χ3n) is 3.18. The molecule has 0 aliphatic carbocycles. The molecule has 0 saturated heterocycles. The van der Waals surface area contributed by atoms with Crippen LogP contribution in [-0.4, -0.2) is 26.1 Å². The van der Waals surface area contributed by atoms with E-state index in [1.165, 1.54) is 6.07 Å². The molecule has 0 amide bonds. The summed E-state index contributed by atoms with van der Waals surface area (Å²) in [7, 11) is 0. The maximum absolute atomic E-state index is 11.0. The number of fused-ring (bicyclic) bond motifs is 1. The number of nitriles is 1. The molecule has 0 unspecified atom stereocenters. The molecule has 0 aliphatic rings. The van der Waals surface area contributed by atoms with Crippen LogP contribution < -0.4 is 0 Å². The molecule has 21 heavy (non-hydrogen) atoms. The van der Waals surface area contributed by atoms with Crippen LogP contribution in [0, 0.1) is 11.3 Å². The molecule has 1 aromatic heterocycles. The van der Waals surface area contributed by atoms with E-state index in [1.807, 2.05) is 12.1 Å². The Bertz CT molecular complexity index is 860. The van der Waals surface area contributed by atoms with Crippen LogP contribution in [0.1, 0.15) is 21.5 Å². The second kappa shape index (κ2) is 5.06. The predicted octanol–water partition coefficient (Wildman–Crippen LogP) is 2.05. The maximum Gasteiger partial charge on any atom is 0.335 e. The standard InChI is InChI=1S/C15H10N4O2/c16-8-10-1-3-11(4-2-10)9-19-14-7-12(15(20)21)5-6-13(14)17-18-19/h1-7H,9H2,(H,20,21). The van der Waals surface area contributed by atoms with Gasteiger partial charge in [0.05, 0.1) is 29.3 Å². The zero-order valence-corrected chi connectivity index (χ0v) is 10.9. The van der Waals surface area contributed by atoms with Gasteiger partial charge in [0, 0.05) is 0 Å². The Labute approximate surface area is 119 Å². The van der Waals surface area contributed by atoms with Gasteiger partial charge in [-0.05, 0) is 35.9 Å². The SMILES string of the molecule is N#Cc1ccc(Cn2nnc3ccc(C(=O)O)cc32)cc1. The maximum atomic E-state index is 11.0. The van der Waals surface area contributed by atoms with Crippen LogP contribution in [0.3, 0.4) is 0 Å². The van der Waals surface area contributed by atoms with Gasteiger partial charge in [-0.15, -0.1) is 5.10 Å². The number of rotatable bonds is 3. The molecule has 0 bridgehead atoms. The summed E-state index contributed by atoms with van der Waals surface area (Å²) < 4.78 is 1.64. The van der Waals surface area contributed by atoms with Gasteiger partial charge in [-0.1, -0.05) is 17.3 Å². The van der Waals surface area contributed by atoms with Gasteiger partial charge in [-0.25, -0.2) is 9.48 Å². The summed E-state index contributed by atoms with van der Waals surface area (Å²) in [6.07, 6.45) is 0. The molecule has 3 rings (SSSR count). The van der Waals surface area contributed by atoms with Crippen LogP contribution in [0.5, 0.6) is 0 Å². The number of carboxylic acids is 1. The van der Waals surface area contributed by atoms with Crippen LogP contribution in [0.15, 0.2) is 42.5 Å². The third kappa shape index (κ3) is 2.44. The summed E-state index contributed by atoms with van der Waals surface area (Å²) in [5, 5.41) is 25.9. The molecular formula is C15H10N4O2. The van der Waals surface area contributed by atoms with Crippen molar-refractivity contribution in [2.24, 2.45) is 0 Å². The summed E-state index contributed by atoms with van der Waals surface area (Å²) in [4.78, 5) is 11.0. The van der Waals surface area contributed by atoms with Gasteiger partial charge in [0.15, 0.2) is 0 Å². The molecule has 1 heterocycles. The van der Waals surface area contributed by atoms with Crippen molar-refractivity contribution in [1.82, 2.24) is 15.0 Å². The molecule has 0 saturated carbocycles. The first-order valence-electron chi connectivity index (χ1n) is 6.23. The summed E-state index contributed by atoms with van der Waals surface area (Å²) in [6.45, 7) is 0.464. The lowest BCUT2D eigenvalue weighted by Gasteiger charge is -2.03. The van der Waals surface area contributed by atoms with Crippen LogP contribution in [0.4, 0.5) is 0 Å². The fraction of sp³-hybridized carbons (Fsp3) is 0.0667. The normalized spacial score (nSPS) is 10.4. The summed E-state index contributed by atoms with van der Waals surface area (Å²) in [5.74, 6) is -0.983. The number of nitrogens with zero attached hydrogens (tertiary/aromatic N) is 4. The molecule has 0 atom stereocenters. The topological polar surface area (TPSA) is 91.8 Å². The van der Waals surface area contributed by atoms with E-state index in [2.05, 4.69) is 16.4 Å². The lowest BCUT2D eigenvalue weighted by atomic mass is 10.1. The van der Waals surface area contributed by atoms with E-state index in [0.29, 0.717) is 23.1 Å². The number of aromatic carboxylic acids is 1. The van der Waals surface area contributed by atoms with E-state index in [0.717, 1.165) is 5.56 Å². The van der Waals surface area contributed by atoms with E-state index in [9.17, 15) is 4.79 Å². The average Bonchev–Trinajstić information content (AvgIpc) is 2.90. The molecule has 3 aromatic rings. The molecule has 6 nitrogen and oxygen atoms in total.